The first-order chi connectivity index (χ1) is 17.6. The zero-order chi connectivity index (χ0) is 26.9. The molecule has 0 bridgehead atoms. The highest BCUT2D eigenvalue weighted by Crippen LogP contribution is 2.36. The molecular formula is C26H18Cl3IN2O5. The van der Waals surface area contributed by atoms with E-state index in [-0.39, 0.29) is 17.9 Å². The third-order valence-corrected chi connectivity index (χ3v) is 7.22. The molecule has 3 aromatic carbocycles. The van der Waals surface area contributed by atoms with Gasteiger partial charge in [-0.1, -0.05) is 46.9 Å². The molecule has 1 aliphatic rings. The maximum absolute atomic E-state index is 13.3. The van der Waals surface area contributed by atoms with E-state index in [0.717, 1.165) is 10.5 Å². The molecule has 0 atom stereocenters. The quantitative estimate of drug-likeness (QED) is 0.177. The number of hydrogen-bond donors (Lipinski definition) is 1. The number of amides is 4. The molecule has 37 heavy (non-hydrogen) atoms. The van der Waals surface area contributed by atoms with Gasteiger partial charge in [-0.3, -0.25) is 14.9 Å². The number of imide groups is 2. The van der Waals surface area contributed by atoms with Crippen molar-refractivity contribution in [2.45, 2.75) is 13.5 Å². The lowest BCUT2D eigenvalue weighted by molar-refractivity contribution is -0.122. The van der Waals surface area contributed by atoms with Crippen molar-refractivity contribution < 1.29 is 23.9 Å². The monoisotopic (exact) mass is 670 g/mol. The highest BCUT2D eigenvalue weighted by molar-refractivity contribution is 14.1. The van der Waals surface area contributed by atoms with Crippen molar-refractivity contribution in [2.75, 3.05) is 12.0 Å². The summed E-state index contributed by atoms with van der Waals surface area (Å²) in [6, 6.07) is 12.5. The van der Waals surface area contributed by atoms with E-state index in [0.29, 0.717) is 41.3 Å². The second-order valence-corrected chi connectivity index (χ2v) is 10.4. The van der Waals surface area contributed by atoms with Gasteiger partial charge in [-0.25, -0.2) is 9.69 Å². The zero-order valence-corrected chi connectivity index (χ0v) is 23.8. The lowest BCUT2D eigenvalue weighted by atomic mass is 10.1. The van der Waals surface area contributed by atoms with Gasteiger partial charge < -0.3 is 9.47 Å². The van der Waals surface area contributed by atoms with Gasteiger partial charge in [0.1, 0.15) is 12.2 Å². The number of halogens is 4. The van der Waals surface area contributed by atoms with Gasteiger partial charge in [0.25, 0.3) is 11.8 Å². The van der Waals surface area contributed by atoms with Gasteiger partial charge >= 0.3 is 6.03 Å². The Morgan fingerprint density at radius 3 is 2.46 bits per heavy atom. The normalized spacial score (nSPS) is 14.7. The number of anilines is 1. The largest absolute Gasteiger partial charge is 0.493 e. The predicted molar refractivity (Wildman–Crippen MR) is 152 cm³/mol. The number of ether oxygens (including phenoxy) is 2. The van der Waals surface area contributed by atoms with Crippen molar-refractivity contribution in [3.05, 3.63) is 89.4 Å². The lowest BCUT2D eigenvalue weighted by Crippen LogP contribution is -2.54. The number of barbiturate groups is 1. The van der Waals surface area contributed by atoms with Crippen LogP contribution in [0.5, 0.6) is 11.5 Å². The molecule has 3 aromatic rings. The molecule has 1 heterocycles. The number of carbonyl (C=O) groups is 3. The molecule has 0 aliphatic carbocycles. The molecule has 0 radical (unpaired) electrons. The number of nitrogens with one attached hydrogen (secondary N) is 1. The Bertz CT molecular complexity index is 1470. The van der Waals surface area contributed by atoms with Crippen LogP contribution in [0.15, 0.2) is 54.1 Å². The van der Waals surface area contributed by atoms with Gasteiger partial charge in [0, 0.05) is 5.02 Å². The van der Waals surface area contributed by atoms with Crippen LogP contribution >= 0.6 is 57.4 Å². The fourth-order valence-corrected chi connectivity index (χ4v) is 4.88. The number of urea groups is 1. The Balaban J connectivity index is 1.65. The van der Waals surface area contributed by atoms with Gasteiger partial charge in [-0.05, 0) is 88.7 Å². The fourth-order valence-electron chi connectivity index (χ4n) is 3.61. The van der Waals surface area contributed by atoms with Gasteiger partial charge in [0.15, 0.2) is 11.5 Å². The lowest BCUT2D eigenvalue weighted by Gasteiger charge is -2.27. The third kappa shape index (κ3) is 5.87. The van der Waals surface area contributed by atoms with Crippen LogP contribution in [0, 0.1) is 10.5 Å². The molecular weight excluding hydrogens is 654 g/mol. The van der Waals surface area contributed by atoms with Crippen molar-refractivity contribution >= 4 is 87.0 Å². The number of methoxy groups -OCH3 is 1. The van der Waals surface area contributed by atoms with E-state index >= 15 is 0 Å². The number of hydrogen-bond acceptors (Lipinski definition) is 5. The van der Waals surface area contributed by atoms with Crippen LogP contribution in [-0.4, -0.2) is 25.0 Å². The number of rotatable bonds is 6. The maximum Gasteiger partial charge on any atom is 0.335 e. The van der Waals surface area contributed by atoms with E-state index in [9.17, 15) is 14.4 Å². The van der Waals surface area contributed by atoms with E-state index in [4.69, 9.17) is 44.3 Å². The van der Waals surface area contributed by atoms with Crippen molar-refractivity contribution in [3.8, 4) is 11.5 Å². The molecule has 0 spiro atoms. The molecule has 190 valence electrons. The van der Waals surface area contributed by atoms with Crippen molar-refractivity contribution in [1.29, 1.82) is 0 Å². The minimum Gasteiger partial charge on any atom is -0.493 e. The second-order valence-electron chi connectivity index (χ2n) is 7.96. The standard InChI is InChI=1S/C26H18Cl3IN2O5/c1-13-3-5-16(27)11-21(13)32-25(34)17(24(33)31-26(32)35)7-15-9-20(30)23(22(10-15)36-2)37-12-14-4-6-18(28)19(29)8-14/h3-11H,12H2,1-2H3,(H,31,33,35)/b17-7+. The summed E-state index contributed by atoms with van der Waals surface area (Å²) in [4.78, 5) is 39.3. The number of nitrogens with zero attached hydrogens (tertiary/aromatic N) is 1. The van der Waals surface area contributed by atoms with E-state index in [2.05, 4.69) is 27.9 Å². The Morgan fingerprint density at radius 1 is 1.00 bits per heavy atom. The summed E-state index contributed by atoms with van der Waals surface area (Å²) in [5, 5.41) is 3.43. The van der Waals surface area contributed by atoms with Crippen LogP contribution in [0.25, 0.3) is 6.08 Å². The highest BCUT2D eigenvalue weighted by atomic mass is 127. The molecule has 7 nitrogen and oxygen atoms in total. The smallest absolute Gasteiger partial charge is 0.335 e. The molecule has 11 heteroatoms. The van der Waals surface area contributed by atoms with Crippen molar-refractivity contribution in [1.82, 2.24) is 5.32 Å². The first-order valence-electron chi connectivity index (χ1n) is 10.7. The average Bonchev–Trinajstić information content (AvgIpc) is 2.84. The zero-order valence-electron chi connectivity index (χ0n) is 19.4. The third-order valence-electron chi connectivity index (χ3n) is 5.44. The predicted octanol–water partition coefficient (Wildman–Crippen LogP) is 6.81. The summed E-state index contributed by atoms with van der Waals surface area (Å²) in [7, 11) is 1.48. The average molecular weight is 672 g/mol. The van der Waals surface area contributed by atoms with Crippen LogP contribution in [0.2, 0.25) is 15.1 Å². The summed E-state index contributed by atoms with van der Waals surface area (Å²) in [6.45, 7) is 1.94. The van der Waals surface area contributed by atoms with E-state index in [1.165, 1.54) is 19.3 Å². The molecule has 1 fully saturated rings. The van der Waals surface area contributed by atoms with E-state index in [1.807, 2.05) is 0 Å². The van der Waals surface area contributed by atoms with Crippen LogP contribution in [0.1, 0.15) is 16.7 Å². The van der Waals surface area contributed by atoms with Gasteiger partial charge in [-0.2, -0.15) is 0 Å². The van der Waals surface area contributed by atoms with Crippen LogP contribution in [0.4, 0.5) is 10.5 Å². The van der Waals surface area contributed by atoms with Crippen LogP contribution < -0.4 is 19.7 Å². The maximum atomic E-state index is 13.3. The van der Waals surface area contributed by atoms with Gasteiger partial charge in [0.2, 0.25) is 0 Å². The first kappa shape index (κ1) is 27.3. The molecule has 0 saturated carbocycles. The molecule has 0 unspecified atom stereocenters. The Hall–Kier alpha value is -2.79. The minimum atomic E-state index is -0.851. The molecule has 1 saturated heterocycles. The highest BCUT2D eigenvalue weighted by Gasteiger charge is 2.37. The van der Waals surface area contributed by atoms with Crippen molar-refractivity contribution in [3.63, 3.8) is 0 Å². The summed E-state index contributed by atoms with van der Waals surface area (Å²) in [5.74, 6) is -0.712. The van der Waals surface area contributed by atoms with Crippen LogP contribution in [-0.2, 0) is 16.2 Å². The molecule has 1 N–H and O–H groups in total. The minimum absolute atomic E-state index is 0.209. The molecule has 4 rings (SSSR count). The SMILES string of the molecule is COc1cc(/C=C2\C(=O)NC(=O)N(c3cc(Cl)ccc3C)C2=O)cc(I)c1OCc1ccc(Cl)c(Cl)c1. The first-order valence-corrected chi connectivity index (χ1v) is 12.9. The van der Waals surface area contributed by atoms with Crippen molar-refractivity contribution in [2.24, 2.45) is 0 Å². The second kappa shape index (κ2) is 11.3. The fraction of sp³-hybridized carbons (Fsp3) is 0.115. The summed E-state index contributed by atoms with van der Waals surface area (Å²) in [6.07, 6.45) is 1.39. The van der Waals surface area contributed by atoms with E-state index in [1.54, 1.807) is 49.4 Å². The Morgan fingerprint density at radius 2 is 1.76 bits per heavy atom. The topological polar surface area (TPSA) is 84.9 Å². The molecule has 0 aromatic heterocycles. The molecule has 4 amide bonds. The number of benzene rings is 3. The Labute approximate surface area is 241 Å². The summed E-state index contributed by atoms with van der Waals surface area (Å²) < 4.78 is 12.2. The summed E-state index contributed by atoms with van der Waals surface area (Å²) in [5.41, 5.74) is 2.01. The number of aryl methyl sites for hydroxylation is 1. The van der Waals surface area contributed by atoms with Gasteiger partial charge in [0.05, 0.1) is 26.4 Å². The number of carbonyl (C=O) groups excluding carboxylic acids is 3. The molecule has 1 aliphatic heterocycles. The Kier molecular flexibility index (Phi) is 8.33. The van der Waals surface area contributed by atoms with Crippen LogP contribution in [0.3, 0.4) is 0 Å². The van der Waals surface area contributed by atoms with Gasteiger partial charge in [-0.15, -0.1) is 0 Å². The summed E-state index contributed by atoms with van der Waals surface area (Å²) >= 11 is 20.2. The van der Waals surface area contributed by atoms with E-state index < -0.39 is 17.8 Å².